The van der Waals surface area contributed by atoms with Crippen molar-refractivity contribution in [2.24, 2.45) is 0 Å². The number of carbonyl (C=O) groups excluding carboxylic acids is 1. The molecule has 0 aliphatic rings. The van der Waals surface area contributed by atoms with Gasteiger partial charge in [-0.3, -0.25) is 10.1 Å². The van der Waals surface area contributed by atoms with Crippen molar-refractivity contribution in [2.75, 3.05) is 25.3 Å². The number of nitrogens with one attached hydrogen (secondary N) is 1. The topological polar surface area (TPSA) is 86.5 Å². The zero-order chi connectivity index (χ0) is 19.2. The normalized spacial score (nSPS) is 10.5. The summed E-state index contributed by atoms with van der Waals surface area (Å²) in [6, 6.07) is 12.6. The number of carbonyl (C=O) groups is 1. The highest BCUT2D eigenvalue weighted by molar-refractivity contribution is 7.99. The Hall–Kier alpha value is -3.00. The number of aromatic nitrogens is 2. The molecule has 0 saturated carbocycles. The largest absolute Gasteiger partial charge is 0.497 e. The van der Waals surface area contributed by atoms with Crippen LogP contribution in [0.5, 0.6) is 11.5 Å². The van der Waals surface area contributed by atoms with E-state index >= 15 is 0 Å². The van der Waals surface area contributed by atoms with Gasteiger partial charge in [-0.1, -0.05) is 18.1 Å². The molecule has 3 aromatic rings. The van der Waals surface area contributed by atoms with Crippen LogP contribution in [0.1, 0.15) is 17.3 Å². The lowest BCUT2D eigenvalue weighted by molar-refractivity contribution is 0.102. The zero-order valence-electron chi connectivity index (χ0n) is 15.2. The third-order valence-electron chi connectivity index (χ3n) is 3.65. The first-order chi connectivity index (χ1) is 13.1. The highest BCUT2D eigenvalue weighted by atomic mass is 32.2. The molecule has 3 rings (SSSR count). The second-order valence-electron chi connectivity index (χ2n) is 5.43. The Morgan fingerprint density at radius 2 is 1.85 bits per heavy atom. The quantitative estimate of drug-likeness (QED) is 0.612. The fraction of sp³-hybridized carbons (Fsp3) is 0.211. The van der Waals surface area contributed by atoms with Crippen LogP contribution in [0.4, 0.5) is 6.01 Å². The van der Waals surface area contributed by atoms with Crippen molar-refractivity contribution in [1.82, 2.24) is 10.2 Å². The van der Waals surface area contributed by atoms with Gasteiger partial charge < -0.3 is 13.9 Å². The van der Waals surface area contributed by atoms with Crippen molar-refractivity contribution in [2.45, 2.75) is 11.8 Å². The second kappa shape index (κ2) is 8.59. The molecule has 27 heavy (non-hydrogen) atoms. The van der Waals surface area contributed by atoms with E-state index in [0.29, 0.717) is 22.6 Å². The first-order valence-corrected chi connectivity index (χ1v) is 9.22. The average molecular weight is 385 g/mol. The molecule has 1 N–H and O–H groups in total. The Morgan fingerprint density at radius 1 is 1.11 bits per heavy atom. The molecule has 8 heteroatoms. The molecular formula is C19H19N3O4S. The molecule has 0 bridgehead atoms. The fourth-order valence-corrected chi connectivity index (χ4v) is 3.10. The van der Waals surface area contributed by atoms with Crippen molar-refractivity contribution in [3.05, 3.63) is 48.0 Å². The van der Waals surface area contributed by atoms with E-state index in [4.69, 9.17) is 13.9 Å². The Balaban J connectivity index is 1.78. The summed E-state index contributed by atoms with van der Waals surface area (Å²) in [4.78, 5) is 13.5. The summed E-state index contributed by atoms with van der Waals surface area (Å²) in [6.45, 7) is 2.06. The fourth-order valence-electron chi connectivity index (χ4n) is 2.38. The molecular weight excluding hydrogens is 366 g/mol. The van der Waals surface area contributed by atoms with Gasteiger partial charge in [-0.05, 0) is 36.1 Å². The predicted octanol–water partition coefficient (Wildman–Crippen LogP) is 4.12. The minimum atomic E-state index is -0.313. The Kier molecular flexibility index (Phi) is 5.97. The van der Waals surface area contributed by atoms with Crippen molar-refractivity contribution < 1.29 is 18.7 Å². The third-order valence-corrected chi connectivity index (χ3v) is 4.53. The van der Waals surface area contributed by atoms with Gasteiger partial charge in [-0.25, -0.2) is 0 Å². The van der Waals surface area contributed by atoms with Crippen LogP contribution in [0.3, 0.4) is 0 Å². The van der Waals surface area contributed by atoms with Gasteiger partial charge >= 0.3 is 6.01 Å². The van der Waals surface area contributed by atoms with Crippen LogP contribution in [0, 0.1) is 0 Å². The lowest BCUT2D eigenvalue weighted by Gasteiger charge is -2.06. The molecule has 0 saturated heterocycles. The lowest BCUT2D eigenvalue weighted by Crippen LogP contribution is -2.12. The lowest BCUT2D eigenvalue weighted by atomic mass is 10.2. The van der Waals surface area contributed by atoms with Crippen LogP contribution >= 0.6 is 11.8 Å². The molecule has 1 heterocycles. The van der Waals surface area contributed by atoms with Crippen LogP contribution in [0.2, 0.25) is 0 Å². The van der Waals surface area contributed by atoms with E-state index < -0.39 is 0 Å². The number of anilines is 1. The van der Waals surface area contributed by atoms with Crippen LogP contribution < -0.4 is 14.8 Å². The number of hydrogen-bond donors (Lipinski definition) is 1. The molecule has 0 aliphatic carbocycles. The maximum Gasteiger partial charge on any atom is 0.322 e. The maximum absolute atomic E-state index is 12.4. The third kappa shape index (κ3) is 4.59. The van der Waals surface area contributed by atoms with Crippen molar-refractivity contribution in [3.8, 4) is 23.0 Å². The molecule has 7 nitrogen and oxygen atoms in total. The van der Waals surface area contributed by atoms with E-state index in [-0.39, 0.29) is 17.8 Å². The smallest absolute Gasteiger partial charge is 0.322 e. The number of nitrogens with zero attached hydrogens (tertiary/aromatic N) is 2. The summed E-state index contributed by atoms with van der Waals surface area (Å²) in [6.07, 6.45) is 0. The maximum atomic E-state index is 12.4. The van der Waals surface area contributed by atoms with E-state index in [9.17, 15) is 4.79 Å². The van der Waals surface area contributed by atoms with Gasteiger partial charge in [-0.2, -0.15) is 0 Å². The molecule has 0 aliphatic heterocycles. The zero-order valence-corrected chi connectivity index (χ0v) is 16.0. The first-order valence-electron chi connectivity index (χ1n) is 8.24. The summed E-state index contributed by atoms with van der Waals surface area (Å²) >= 11 is 1.67. The summed E-state index contributed by atoms with van der Waals surface area (Å²) < 4.78 is 16.0. The highest BCUT2D eigenvalue weighted by Crippen LogP contribution is 2.29. The van der Waals surface area contributed by atoms with Gasteiger partial charge in [0.2, 0.25) is 5.89 Å². The number of thioether (sulfide) groups is 1. The van der Waals surface area contributed by atoms with Gasteiger partial charge in [0.15, 0.2) is 0 Å². The first kappa shape index (κ1) is 18.8. The Labute approximate surface area is 161 Å². The van der Waals surface area contributed by atoms with E-state index in [2.05, 4.69) is 22.4 Å². The number of methoxy groups -OCH3 is 2. The van der Waals surface area contributed by atoms with Gasteiger partial charge in [0.1, 0.15) is 11.5 Å². The second-order valence-corrected chi connectivity index (χ2v) is 6.77. The van der Waals surface area contributed by atoms with Crippen molar-refractivity contribution in [1.29, 1.82) is 0 Å². The van der Waals surface area contributed by atoms with Gasteiger partial charge in [0.25, 0.3) is 5.91 Å². The van der Waals surface area contributed by atoms with Crippen LogP contribution in [-0.2, 0) is 0 Å². The van der Waals surface area contributed by atoms with Crippen LogP contribution in [0.15, 0.2) is 51.8 Å². The number of amides is 1. The minimum Gasteiger partial charge on any atom is -0.497 e. The Morgan fingerprint density at radius 3 is 2.52 bits per heavy atom. The molecule has 140 valence electrons. The van der Waals surface area contributed by atoms with Crippen LogP contribution in [-0.4, -0.2) is 36.1 Å². The summed E-state index contributed by atoms with van der Waals surface area (Å²) in [7, 11) is 3.12. The molecule has 0 atom stereocenters. The summed E-state index contributed by atoms with van der Waals surface area (Å²) in [5.74, 6) is 2.06. The summed E-state index contributed by atoms with van der Waals surface area (Å²) in [5.41, 5.74) is 1.15. The van der Waals surface area contributed by atoms with Gasteiger partial charge in [-0.15, -0.1) is 16.9 Å². The van der Waals surface area contributed by atoms with Gasteiger partial charge in [0, 0.05) is 22.1 Å². The van der Waals surface area contributed by atoms with E-state index in [1.807, 2.05) is 18.2 Å². The molecule has 0 radical (unpaired) electrons. The highest BCUT2D eigenvalue weighted by Gasteiger charge is 2.15. The monoisotopic (exact) mass is 385 g/mol. The number of rotatable bonds is 7. The standard InChI is InChI=1S/C19H19N3O4S/c1-4-27-16-7-5-6-12(10-16)17(23)20-19-22-21-18(26-19)13-8-14(24-2)11-15(9-13)25-3/h5-11H,4H2,1-3H3,(H,20,22,23). The molecule has 1 amide bonds. The minimum absolute atomic E-state index is 0.0188. The molecule has 1 aromatic heterocycles. The SMILES string of the molecule is CCSc1cccc(C(=O)Nc2nnc(-c3cc(OC)cc(OC)c3)o2)c1. The van der Waals surface area contributed by atoms with Gasteiger partial charge in [0.05, 0.1) is 14.2 Å². The molecule has 0 spiro atoms. The summed E-state index contributed by atoms with van der Waals surface area (Å²) in [5, 5.41) is 10.5. The predicted molar refractivity (Wildman–Crippen MR) is 104 cm³/mol. The van der Waals surface area contributed by atoms with Crippen molar-refractivity contribution >= 4 is 23.7 Å². The van der Waals surface area contributed by atoms with E-state index in [0.717, 1.165) is 10.6 Å². The number of benzene rings is 2. The molecule has 2 aromatic carbocycles. The average Bonchev–Trinajstić information content (AvgIpc) is 3.16. The Bertz CT molecular complexity index is 920. The van der Waals surface area contributed by atoms with Crippen molar-refractivity contribution in [3.63, 3.8) is 0 Å². The van der Waals surface area contributed by atoms with E-state index in [1.54, 1.807) is 50.2 Å². The number of ether oxygens (including phenoxy) is 2. The van der Waals surface area contributed by atoms with E-state index in [1.165, 1.54) is 0 Å². The van der Waals surface area contributed by atoms with Crippen LogP contribution in [0.25, 0.3) is 11.5 Å². The molecule has 0 fully saturated rings. The molecule has 0 unspecified atom stereocenters. The number of hydrogen-bond acceptors (Lipinski definition) is 7.